The van der Waals surface area contributed by atoms with Gasteiger partial charge >= 0.3 is 0 Å². The normalized spacial score (nSPS) is 12.1. The Morgan fingerprint density at radius 2 is 1.83 bits per heavy atom. The lowest BCUT2D eigenvalue weighted by Crippen LogP contribution is -2.40. The number of rotatable bonds is 8. The molecule has 0 radical (unpaired) electrons. The zero-order valence-electron chi connectivity index (χ0n) is 17.6. The van der Waals surface area contributed by atoms with Crippen molar-refractivity contribution in [2.75, 3.05) is 48.3 Å². The molecule has 2 aromatic rings. The summed E-state index contributed by atoms with van der Waals surface area (Å²) in [6.45, 7) is 1.97. The molecule has 0 saturated carbocycles. The van der Waals surface area contributed by atoms with Gasteiger partial charge in [0.25, 0.3) is 0 Å². The molecule has 0 aliphatic carbocycles. The van der Waals surface area contributed by atoms with Gasteiger partial charge in [0.2, 0.25) is 6.79 Å². The number of nitrogens with one attached hydrogen (secondary N) is 1. The van der Waals surface area contributed by atoms with Gasteiger partial charge in [0.1, 0.15) is 23.9 Å². The Morgan fingerprint density at radius 3 is 2.57 bits per heavy atom. The van der Waals surface area contributed by atoms with E-state index in [-0.39, 0.29) is 30.8 Å². The van der Waals surface area contributed by atoms with Crippen LogP contribution in [0.25, 0.3) is 0 Å². The summed E-state index contributed by atoms with van der Waals surface area (Å²) in [5, 5.41) is 3.30. The number of hydrogen-bond donors (Lipinski definition) is 1. The van der Waals surface area contributed by atoms with Gasteiger partial charge < -0.3 is 33.9 Å². The third kappa shape index (κ3) is 5.97. The summed E-state index contributed by atoms with van der Waals surface area (Å²) in [6, 6.07) is 11.3. The fourth-order valence-electron chi connectivity index (χ4n) is 3.00. The zero-order chi connectivity index (χ0) is 20.6. The Balaban J connectivity index is 0.00000320. The van der Waals surface area contributed by atoms with E-state index in [4.69, 9.17) is 23.7 Å². The third-order valence-electron chi connectivity index (χ3n) is 4.47. The van der Waals surface area contributed by atoms with Crippen LogP contribution < -0.4 is 29.0 Å². The predicted octanol–water partition coefficient (Wildman–Crippen LogP) is 3.14. The van der Waals surface area contributed by atoms with E-state index in [1.165, 1.54) is 0 Å². The van der Waals surface area contributed by atoms with Gasteiger partial charge in [-0.15, -0.1) is 24.0 Å². The number of ether oxygens (including phenoxy) is 5. The molecular formula is C21H28IN3O5. The summed E-state index contributed by atoms with van der Waals surface area (Å²) in [7, 11) is 7.01. The van der Waals surface area contributed by atoms with Crippen LogP contribution in [-0.2, 0) is 6.54 Å². The average Bonchev–Trinajstić information content (AvgIpc) is 3.21. The van der Waals surface area contributed by atoms with E-state index in [2.05, 4.69) is 10.3 Å². The monoisotopic (exact) mass is 529 g/mol. The van der Waals surface area contributed by atoms with Crippen LogP contribution in [0, 0.1) is 0 Å². The van der Waals surface area contributed by atoms with Crippen molar-refractivity contribution in [3.05, 3.63) is 42.0 Å². The molecule has 0 atom stereocenters. The van der Waals surface area contributed by atoms with Gasteiger partial charge in [-0.1, -0.05) is 0 Å². The molecule has 1 heterocycles. The molecule has 1 aliphatic heterocycles. The highest BCUT2D eigenvalue weighted by Gasteiger charge is 2.14. The number of hydrogen-bond acceptors (Lipinski definition) is 6. The van der Waals surface area contributed by atoms with Crippen molar-refractivity contribution in [3.8, 4) is 28.7 Å². The van der Waals surface area contributed by atoms with Crippen LogP contribution in [0.1, 0.15) is 5.56 Å². The molecule has 0 fully saturated rings. The van der Waals surface area contributed by atoms with Crippen LogP contribution in [0.2, 0.25) is 0 Å². The van der Waals surface area contributed by atoms with E-state index in [9.17, 15) is 0 Å². The number of aliphatic imine (C=N–C) groups is 1. The Morgan fingerprint density at radius 1 is 1.07 bits per heavy atom. The largest absolute Gasteiger partial charge is 0.497 e. The zero-order valence-corrected chi connectivity index (χ0v) is 20.0. The van der Waals surface area contributed by atoms with Crippen molar-refractivity contribution < 1.29 is 23.7 Å². The number of methoxy groups -OCH3 is 2. The van der Waals surface area contributed by atoms with Crippen molar-refractivity contribution in [2.45, 2.75) is 6.54 Å². The molecule has 30 heavy (non-hydrogen) atoms. The second-order valence-electron chi connectivity index (χ2n) is 6.37. The van der Waals surface area contributed by atoms with Crippen molar-refractivity contribution >= 4 is 29.9 Å². The van der Waals surface area contributed by atoms with Gasteiger partial charge in [-0.2, -0.15) is 0 Å². The van der Waals surface area contributed by atoms with E-state index in [1.54, 1.807) is 21.3 Å². The van der Waals surface area contributed by atoms with E-state index < -0.39 is 0 Å². The van der Waals surface area contributed by atoms with E-state index in [1.807, 2.05) is 48.3 Å². The number of fused-ring (bicyclic) bond motifs is 1. The lowest BCUT2D eigenvalue weighted by atomic mass is 10.2. The highest BCUT2D eigenvalue weighted by atomic mass is 127. The van der Waals surface area contributed by atoms with Gasteiger partial charge in [0.15, 0.2) is 17.5 Å². The average molecular weight is 529 g/mol. The van der Waals surface area contributed by atoms with Gasteiger partial charge in [0.05, 0.1) is 20.8 Å². The third-order valence-corrected chi connectivity index (χ3v) is 4.47. The summed E-state index contributed by atoms with van der Waals surface area (Å²) in [5.41, 5.74) is 1.04. The minimum atomic E-state index is 0. The highest BCUT2D eigenvalue weighted by Crippen LogP contribution is 2.35. The van der Waals surface area contributed by atoms with Crippen LogP contribution in [0.5, 0.6) is 28.7 Å². The molecule has 0 spiro atoms. The highest BCUT2D eigenvalue weighted by molar-refractivity contribution is 14.0. The summed E-state index contributed by atoms with van der Waals surface area (Å²) in [6.07, 6.45) is 0. The molecular weight excluding hydrogens is 501 g/mol. The van der Waals surface area contributed by atoms with Crippen molar-refractivity contribution in [3.63, 3.8) is 0 Å². The molecule has 9 heteroatoms. The van der Waals surface area contributed by atoms with Gasteiger partial charge in [-0.25, -0.2) is 0 Å². The first-order valence-corrected chi connectivity index (χ1v) is 9.29. The molecule has 8 nitrogen and oxygen atoms in total. The number of benzene rings is 2. The lowest BCUT2D eigenvalue weighted by Gasteiger charge is -2.23. The van der Waals surface area contributed by atoms with Crippen LogP contribution >= 0.6 is 24.0 Å². The first kappa shape index (κ1) is 23.7. The van der Waals surface area contributed by atoms with Crippen LogP contribution in [0.3, 0.4) is 0 Å². The van der Waals surface area contributed by atoms with Gasteiger partial charge in [-0.3, -0.25) is 4.99 Å². The summed E-state index contributed by atoms with van der Waals surface area (Å²) < 4.78 is 27.2. The lowest BCUT2D eigenvalue weighted by molar-refractivity contribution is 0.173. The SMILES string of the molecule is CN=C(NCCOc1ccc2c(c1)OCO2)N(C)Cc1ccc(OC)cc1OC.I. The quantitative estimate of drug-likeness (QED) is 0.244. The Kier molecular flexibility index (Phi) is 9.15. The second kappa shape index (κ2) is 11.6. The predicted molar refractivity (Wildman–Crippen MR) is 126 cm³/mol. The Bertz CT molecular complexity index is 863. The summed E-state index contributed by atoms with van der Waals surface area (Å²) in [4.78, 5) is 6.36. The molecule has 3 rings (SSSR count). The van der Waals surface area contributed by atoms with E-state index in [0.717, 1.165) is 34.5 Å². The molecule has 164 valence electrons. The molecule has 0 unspecified atom stereocenters. The maximum absolute atomic E-state index is 5.78. The summed E-state index contributed by atoms with van der Waals surface area (Å²) >= 11 is 0. The second-order valence-corrected chi connectivity index (χ2v) is 6.37. The van der Waals surface area contributed by atoms with Gasteiger partial charge in [0, 0.05) is 38.3 Å². The molecule has 0 saturated heterocycles. The standard InChI is InChI=1S/C21H27N3O5.HI/c1-22-21(24(2)13-15-5-6-16(25-3)11-19(15)26-4)23-9-10-27-17-7-8-18-20(12-17)29-14-28-18;/h5-8,11-12H,9-10,13-14H2,1-4H3,(H,22,23);1H. The molecule has 1 N–H and O–H groups in total. The van der Waals surface area contributed by atoms with Crippen LogP contribution in [0.15, 0.2) is 41.4 Å². The van der Waals surface area contributed by atoms with Gasteiger partial charge in [-0.05, 0) is 24.3 Å². The smallest absolute Gasteiger partial charge is 0.231 e. The van der Waals surface area contributed by atoms with E-state index in [0.29, 0.717) is 25.4 Å². The molecule has 0 aromatic heterocycles. The fraction of sp³-hybridized carbons (Fsp3) is 0.381. The molecule has 2 aromatic carbocycles. The maximum Gasteiger partial charge on any atom is 0.231 e. The minimum absolute atomic E-state index is 0. The van der Waals surface area contributed by atoms with Crippen molar-refractivity contribution in [2.24, 2.45) is 4.99 Å². The summed E-state index contributed by atoms with van der Waals surface area (Å²) in [5.74, 6) is 4.49. The molecule has 0 amide bonds. The number of nitrogens with zero attached hydrogens (tertiary/aromatic N) is 2. The van der Waals surface area contributed by atoms with E-state index >= 15 is 0 Å². The number of halogens is 1. The molecule has 0 bridgehead atoms. The van der Waals surface area contributed by atoms with Crippen LogP contribution in [0.4, 0.5) is 0 Å². The Labute approximate surface area is 194 Å². The fourth-order valence-corrected chi connectivity index (χ4v) is 3.00. The first-order valence-electron chi connectivity index (χ1n) is 9.29. The number of guanidine groups is 1. The topological polar surface area (TPSA) is 73.8 Å². The van der Waals surface area contributed by atoms with Crippen LogP contribution in [-0.4, -0.2) is 59.1 Å². The Hall–Kier alpha value is -2.56. The minimum Gasteiger partial charge on any atom is -0.497 e. The van der Waals surface area contributed by atoms with Crippen molar-refractivity contribution in [1.29, 1.82) is 0 Å². The van der Waals surface area contributed by atoms with Crippen molar-refractivity contribution in [1.82, 2.24) is 10.2 Å². The first-order chi connectivity index (χ1) is 14.1. The molecule has 1 aliphatic rings. The maximum atomic E-state index is 5.78.